The van der Waals surface area contributed by atoms with E-state index in [9.17, 15) is 14.4 Å². The molecule has 0 aliphatic rings. The number of rotatable bonds is 2. The van der Waals surface area contributed by atoms with E-state index in [1.807, 2.05) is 31.0 Å². The van der Waals surface area contributed by atoms with Crippen LogP contribution in [0, 0.1) is 13.8 Å². The molecule has 98 valence electrons. The highest BCUT2D eigenvalue weighted by Gasteiger charge is 2.10. The molecule has 0 aliphatic carbocycles. The molecule has 6 heteroatoms. The third-order valence-electron chi connectivity index (χ3n) is 2.86. The molecule has 3 N–H and O–H groups in total. The average Bonchev–Trinajstić information content (AvgIpc) is 2.33. The molecule has 6 nitrogen and oxygen atoms in total. The lowest BCUT2D eigenvalue weighted by Crippen LogP contribution is -2.27. The van der Waals surface area contributed by atoms with E-state index in [4.69, 9.17) is 0 Å². The van der Waals surface area contributed by atoms with Gasteiger partial charge in [0.2, 0.25) is 0 Å². The van der Waals surface area contributed by atoms with E-state index in [1.54, 1.807) is 6.07 Å². The van der Waals surface area contributed by atoms with E-state index in [0.29, 0.717) is 5.69 Å². The Labute approximate surface area is 108 Å². The monoisotopic (exact) mass is 259 g/mol. The summed E-state index contributed by atoms with van der Waals surface area (Å²) in [5.74, 6) is -0.531. The fourth-order valence-electron chi connectivity index (χ4n) is 1.67. The van der Waals surface area contributed by atoms with Gasteiger partial charge in [0.15, 0.2) is 0 Å². The van der Waals surface area contributed by atoms with Crippen molar-refractivity contribution in [1.29, 1.82) is 0 Å². The standard InChI is InChI=1S/C13H13N3O3/c1-7-4-3-5-9(8(7)2)14-12(18)10-6-11(17)16-13(19)15-10/h3-6H,1-2H3,(H,14,18)(H2,15,16,17,19). The number of aryl methyl sites for hydroxylation is 1. The van der Waals surface area contributed by atoms with E-state index in [1.165, 1.54) is 0 Å². The van der Waals surface area contributed by atoms with E-state index < -0.39 is 17.2 Å². The Bertz CT molecular complexity index is 715. The Morgan fingerprint density at radius 2 is 1.89 bits per heavy atom. The average molecular weight is 259 g/mol. The highest BCUT2D eigenvalue weighted by molar-refractivity contribution is 6.03. The van der Waals surface area contributed by atoms with Crippen molar-refractivity contribution in [3.8, 4) is 0 Å². The lowest BCUT2D eigenvalue weighted by atomic mass is 10.1. The smallest absolute Gasteiger partial charge is 0.320 e. The van der Waals surface area contributed by atoms with Crippen LogP contribution >= 0.6 is 0 Å². The van der Waals surface area contributed by atoms with Gasteiger partial charge in [-0.3, -0.25) is 14.6 Å². The molecule has 2 aromatic rings. The number of aromatic nitrogens is 2. The molecule has 0 saturated heterocycles. The maximum Gasteiger partial charge on any atom is 0.326 e. The molecule has 0 unspecified atom stereocenters. The minimum absolute atomic E-state index is 0.0744. The Kier molecular flexibility index (Phi) is 3.33. The summed E-state index contributed by atoms with van der Waals surface area (Å²) in [6.07, 6.45) is 0. The number of nitrogens with one attached hydrogen (secondary N) is 3. The number of carbonyl (C=O) groups excluding carboxylic acids is 1. The quantitative estimate of drug-likeness (QED) is 0.748. The molecule has 1 heterocycles. The van der Waals surface area contributed by atoms with Crippen LogP contribution in [0.25, 0.3) is 0 Å². The predicted octanol–water partition coefficient (Wildman–Crippen LogP) is 0.932. The van der Waals surface area contributed by atoms with Crippen LogP contribution < -0.4 is 16.6 Å². The first-order chi connectivity index (χ1) is 8.97. The number of anilines is 1. The van der Waals surface area contributed by atoms with Gasteiger partial charge in [-0.15, -0.1) is 0 Å². The maximum absolute atomic E-state index is 11.9. The van der Waals surface area contributed by atoms with Gasteiger partial charge in [-0.25, -0.2) is 4.79 Å². The zero-order chi connectivity index (χ0) is 14.0. The molecule has 2 rings (SSSR count). The summed E-state index contributed by atoms with van der Waals surface area (Å²) in [5.41, 5.74) is 1.22. The first-order valence-electron chi connectivity index (χ1n) is 5.68. The van der Waals surface area contributed by atoms with Crippen LogP contribution in [0.3, 0.4) is 0 Å². The van der Waals surface area contributed by atoms with Gasteiger partial charge in [0.1, 0.15) is 5.69 Å². The van der Waals surface area contributed by atoms with Crippen molar-refractivity contribution in [2.45, 2.75) is 13.8 Å². The molecule has 0 spiro atoms. The molecule has 0 bridgehead atoms. The van der Waals surface area contributed by atoms with E-state index in [-0.39, 0.29) is 5.69 Å². The zero-order valence-electron chi connectivity index (χ0n) is 10.5. The van der Waals surface area contributed by atoms with Crippen molar-refractivity contribution in [1.82, 2.24) is 9.97 Å². The molecule has 1 amide bonds. The van der Waals surface area contributed by atoms with Crippen molar-refractivity contribution < 1.29 is 4.79 Å². The molecule has 19 heavy (non-hydrogen) atoms. The second-order valence-electron chi connectivity index (χ2n) is 4.20. The van der Waals surface area contributed by atoms with E-state index >= 15 is 0 Å². The van der Waals surface area contributed by atoms with Gasteiger partial charge in [-0.05, 0) is 31.0 Å². The van der Waals surface area contributed by atoms with Gasteiger partial charge in [0, 0.05) is 11.8 Å². The zero-order valence-corrected chi connectivity index (χ0v) is 10.5. The Morgan fingerprint density at radius 1 is 1.16 bits per heavy atom. The first kappa shape index (κ1) is 12.8. The van der Waals surface area contributed by atoms with Gasteiger partial charge < -0.3 is 10.3 Å². The highest BCUT2D eigenvalue weighted by Crippen LogP contribution is 2.18. The van der Waals surface area contributed by atoms with Crippen LogP contribution in [-0.4, -0.2) is 15.9 Å². The number of H-pyrrole nitrogens is 2. The number of hydrogen-bond donors (Lipinski definition) is 3. The lowest BCUT2D eigenvalue weighted by Gasteiger charge is -2.09. The Hall–Kier alpha value is -2.63. The minimum Gasteiger partial charge on any atom is -0.320 e. The first-order valence-corrected chi connectivity index (χ1v) is 5.68. The van der Waals surface area contributed by atoms with Crippen molar-refractivity contribution >= 4 is 11.6 Å². The summed E-state index contributed by atoms with van der Waals surface area (Å²) in [7, 11) is 0. The summed E-state index contributed by atoms with van der Waals surface area (Å²) in [6.45, 7) is 3.81. The molecule has 1 aromatic carbocycles. The van der Waals surface area contributed by atoms with Crippen LogP contribution in [0.2, 0.25) is 0 Å². The molecule has 0 fully saturated rings. The molecule has 0 aliphatic heterocycles. The van der Waals surface area contributed by atoms with Crippen LogP contribution in [0.4, 0.5) is 5.69 Å². The third-order valence-corrected chi connectivity index (χ3v) is 2.86. The summed E-state index contributed by atoms with van der Waals surface area (Å²) < 4.78 is 0. The SMILES string of the molecule is Cc1cccc(NC(=O)c2cc(=O)[nH]c(=O)[nH]2)c1C. The summed E-state index contributed by atoms with van der Waals surface area (Å²) in [4.78, 5) is 38.5. The highest BCUT2D eigenvalue weighted by atomic mass is 16.2. The third kappa shape index (κ3) is 2.79. The molecule has 0 saturated carbocycles. The van der Waals surface area contributed by atoms with Gasteiger partial charge in [0.05, 0.1) is 0 Å². The van der Waals surface area contributed by atoms with E-state index in [0.717, 1.165) is 17.2 Å². The van der Waals surface area contributed by atoms with Crippen LogP contribution in [0.1, 0.15) is 21.6 Å². The van der Waals surface area contributed by atoms with E-state index in [2.05, 4.69) is 10.3 Å². The normalized spacial score (nSPS) is 10.2. The van der Waals surface area contributed by atoms with Gasteiger partial charge in [-0.2, -0.15) is 0 Å². The largest absolute Gasteiger partial charge is 0.326 e. The van der Waals surface area contributed by atoms with Crippen LogP contribution in [0.15, 0.2) is 33.9 Å². The van der Waals surface area contributed by atoms with Crippen molar-refractivity contribution in [2.75, 3.05) is 5.32 Å². The summed E-state index contributed by atoms with van der Waals surface area (Å²) in [6, 6.07) is 6.55. The molecular weight excluding hydrogens is 246 g/mol. The van der Waals surface area contributed by atoms with Crippen molar-refractivity contribution in [3.63, 3.8) is 0 Å². The summed E-state index contributed by atoms with van der Waals surface area (Å²) >= 11 is 0. The number of aromatic amines is 2. The molecule has 0 atom stereocenters. The number of amides is 1. The maximum atomic E-state index is 11.9. The minimum atomic E-state index is -0.710. The Morgan fingerprint density at radius 3 is 2.58 bits per heavy atom. The van der Waals surface area contributed by atoms with Crippen LogP contribution in [0.5, 0.6) is 0 Å². The number of hydrogen-bond acceptors (Lipinski definition) is 3. The second-order valence-corrected chi connectivity index (χ2v) is 4.20. The van der Waals surface area contributed by atoms with Crippen LogP contribution in [-0.2, 0) is 0 Å². The van der Waals surface area contributed by atoms with Crippen molar-refractivity contribution in [2.24, 2.45) is 0 Å². The molecule has 1 aromatic heterocycles. The second kappa shape index (κ2) is 4.93. The Balaban J connectivity index is 2.33. The fourth-order valence-corrected chi connectivity index (χ4v) is 1.67. The topological polar surface area (TPSA) is 94.8 Å². The fraction of sp³-hybridized carbons (Fsp3) is 0.154. The number of carbonyl (C=O) groups is 1. The summed E-state index contributed by atoms with van der Waals surface area (Å²) in [5, 5.41) is 2.66. The van der Waals surface area contributed by atoms with Gasteiger partial charge >= 0.3 is 5.69 Å². The predicted molar refractivity (Wildman–Crippen MR) is 71.6 cm³/mol. The molecular formula is C13H13N3O3. The van der Waals surface area contributed by atoms with Gasteiger partial charge in [0.25, 0.3) is 11.5 Å². The van der Waals surface area contributed by atoms with Crippen molar-refractivity contribution in [3.05, 3.63) is 61.9 Å². The van der Waals surface area contributed by atoms with Gasteiger partial charge in [-0.1, -0.05) is 12.1 Å². The molecule has 0 radical (unpaired) electrons. The number of benzene rings is 1. The lowest BCUT2D eigenvalue weighted by molar-refractivity contribution is 0.102.